The number of hydrogen-bond donors (Lipinski definition) is 1. The zero-order chi connectivity index (χ0) is 72.9. The van der Waals surface area contributed by atoms with Crippen molar-refractivity contribution in [3.05, 3.63) is 498 Å². The van der Waals surface area contributed by atoms with Gasteiger partial charge in [0, 0.05) is 38.3 Å². The van der Waals surface area contributed by atoms with Gasteiger partial charge in [0.05, 0.1) is 16.5 Å². The van der Waals surface area contributed by atoms with Crippen LogP contribution in [0.25, 0.3) is 88.3 Å². The van der Waals surface area contributed by atoms with Crippen LogP contribution in [0.5, 0.6) is 0 Å². The van der Waals surface area contributed by atoms with Crippen LogP contribution in [-0.4, -0.2) is 0 Å². The number of para-hydroxylation sites is 2. The maximum Gasteiger partial charge on any atom is 0.0713 e. The van der Waals surface area contributed by atoms with Gasteiger partial charge in [-0.1, -0.05) is 387 Å². The molecule has 0 saturated heterocycles. The molecule has 18 aromatic rings. The van der Waals surface area contributed by atoms with Crippen LogP contribution in [0.3, 0.4) is 0 Å². The van der Waals surface area contributed by atoms with Gasteiger partial charge in [-0.15, -0.1) is 0 Å². The fourth-order valence-electron chi connectivity index (χ4n) is 16.9. The molecule has 18 aromatic carbocycles. The summed E-state index contributed by atoms with van der Waals surface area (Å²) >= 11 is 3.66. The lowest BCUT2D eigenvalue weighted by Gasteiger charge is -2.34. The van der Waals surface area contributed by atoms with E-state index in [1.165, 1.54) is 133 Å². The van der Waals surface area contributed by atoms with Crippen molar-refractivity contribution < 1.29 is 0 Å². The Morgan fingerprint density at radius 1 is 0.218 bits per heavy atom. The Balaban J connectivity index is 0.000000132. The van der Waals surface area contributed by atoms with Crippen molar-refractivity contribution in [2.24, 2.45) is 0 Å². The second kappa shape index (κ2) is 30.8. The van der Waals surface area contributed by atoms with E-state index in [1.54, 1.807) is 0 Å². The first-order valence-corrected chi connectivity index (χ1v) is 38.2. The summed E-state index contributed by atoms with van der Waals surface area (Å²) in [5.41, 5.74) is 30.2. The highest BCUT2D eigenvalue weighted by atomic mass is 79.9. The Morgan fingerprint density at radius 2 is 0.555 bits per heavy atom. The molecule has 0 fully saturated rings. The van der Waals surface area contributed by atoms with Gasteiger partial charge in [-0.25, -0.2) is 0 Å². The SMILES string of the molecule is Brc1ccc2cc3c(cc2c1)C(c1ccccc1)(c1ccccc1)c1ccccc1-3.C.c1ccc(-c2ccc(N(c3ccc4cc5c(cc4c3)C(c3ccccc3)(c3ccccc3)c3ccccc3-5)c3ccccc3-c3ccccc3)cc2)cc1.c1ccc(-c2ccc(Nc3ccccc3-c3ccccc3)cc2)cc1. The van der Waals surface area contributed by atoms with E-state index in [0.29, 0.717) is 0 Å². The molecule has 0 amide bonds. The molecule has 2 aliphatic carbocycles. The van der Waals surface area contributed by atoms with E-state index in [9.17, 15) is 0 Å². The topological polar surface area (TPSA) is 15.3 Å². The summed E-state index contributed by atoms with van der Waals surface area (Å²) in [5.74, 6) is 0. The summed E-state index contributed by atoms with van der Waals surface area (Å²) < 4.78 is 1.11. The number of fused-ring (bicyclic) bond motifs is 8. The van der Waals surface area contributed by atoms with E-state index in [0.717, 1.165) is 32.9 Å². The van der Waals surface area contributed by atoms with E-state index < -0.39 is 5.41 Å². The average Bonchev–Trinajstić information content (AvgIpc) is 1.54. The lowest BCUT2D eigenvalue weighted by molar-refractivity contribution is 0.769. The lowest BCUT2D eigenvalue weighted by Crippen LogP contribution is -2.28. The van der Waals surface area contributed by atoms with Gasteiger partial charge in [0.25, 0.3) is 0 Å². The predicted molar refractivity (Wildman–Crippen MR) is 470 cm³/mol. The molecule has 20 rings (SSSR count). The monoisotopic (exact) mass is 1470 g/mol. The van der Waals surface area contributed by atoms with Crippen LogP contribution in [0.2, 0.25) is 0 Å². The zero-order valence-electron chi connectivity index (χ0n) is 60.0. The lowest BCUT2D eigenvalue weighted by atomic mass is 9.67. The van der Waals surface area contributed by atoms with Crippen LogP contribution in [0.15, 0.2) is 453 Å². The Hall–Kier alpha value is -13.4. The largest absolute Gasteiger partial charge is 0.355 e. The van der Waals surface area contributed by atoms with Crippen molar-refractivity contribution in [1.29, 1.82) is 0 Å². The fourth-order valence-corrected chi connectivity index (χ4v) is 17.2. The quantitative estimate of drug-likeness (QED) is 0.124. The highest BCUT2D eigenvalue weighted by molar-refractivity contribution is 9.10. The smallest absolute Gasteiger partial charge is 0.0713 e. The minimum atomic E-state index is -0.453. The van der Waals surface area contributed by atoms with Crippen molar-refractivity contribution in [2.45, 2.75) is 18.3 Å². The molecule has 0 bridgehead atoms. The Labute approximate surface area is 654 Å². The van der Waals surface area contributed by atoms with Crippen LogP contribution in [-0.2, 0) is 10.8 Å². The van der Waals surface area contributed by atoms with Gasteiger partial charge >= 0.3 is 0 Å². The summed E-state index contributed by atoms with van der Waals surface area (Å²) in [6, 6.07) is 162. The molecular weight excluding hydrogens is 1390 g/mol. The van der Waals surface area contributed by atoms with Gasteiger partial charge in [0.15, 0.2) is 0 Å². The van der Waals surface area contributed by atoms with Crippen molar-refractivity contribution in [3.63, 3.8) is 0 Å². The molecular formula is C107H79BrN2. The molecule has 1 N–H and O–H groups in total. The minimum Gasteiger partial charge on any atom is -0.355 e. The Morgan fingerprint density at radius 3 is 1.02 bits per heavy atom. The van der Waals surface area contributed by atoms with Crippen molar-refractivity contribution in [1.82, 2.24) is 0 Å². The molecule has 0 aromatic heterocycles. The van der Waals surface area contributed by atoms with Gasteiger partial charge < -0.3 is 10.2 Å². The van der Waals surface area contributed by atoms with Crippen molar-refractivity contribution in [2.75, 3.05) is 10.2 Å². The minimum absolute atomic E-state index is 0. The molecule has 2 nitrogen and oxygen atoms in total. The van der Waals surface area contributed by atoms with Gasteiger partial charge in [-0.3, -0.25) is 0 Å². The maximum absolute atomic E-state index is 3.66. The van der Waals surface area contributed by atoms with Gasteiger partial charge in [-0.2, -0.15) is 0 Å². The number of anilines is 5. The summed E-state index contributed by atoms with van der Waals surface area (Å²) in [7, 11) is 0. The average molecular weight is 1470 g/mol. The Bertz CT molecular complexity index is 6140. The van der Waals surface area contributed by atoms with Crippen molar-refractivity contribution >= 4 is 65.9 Å². The molecule has 110 heavy (non-hydrogen) atoms. The number of halogens is 1. The summed E-state index contributed by atoms with van der Waals surface area (Å²) in [6.45, 7) is 0. The molecule has 524 valence electrons. The highest BCUT2D eigenvalue weighted by Gasteiger charge is 2.48. The number of benzene rings is 18. The normalized spacial score (nSPS) is 12.3. The third-order valence-electron chi connectivity index (χ3n) is 21.8. The predicted octanol–water partition coefficient (Wildman–Crippen LogP) is 29.4. The summed E-state index contributed by atoms with van der Waals surface area (Å²) in [5, 5.41) is 8.50. The second-order valence-electron chi connectivity index (χ2n) is 28.0. The second-order valence-corrected chi connectivity index (χ2v) is 28.9. The molecule has 0 atom stereocenters. The number of nitrogens with one attached hydrogen (secondary N) is 1. The van der Waals surface area contributed by atoms with E-state index in [-0.39, 0.29) is 12.8 Å². The molecule has 0 aliphatic heterocycles. The highest BCUT2D eigenvalue weighted by Crippen LogP contribution is 2.59. The van der Waals surface area contributed by atoms with Crippen LogP contribution in [0, 0.1) is 0 Å². The van der Waals surface area contributed by atoms with Crippen LogP contribution in [0.1, 0.15) is 51.9 Å². The van der Waals surface area contributed by atoms with Gasteiger partial charge in [-0.05, 0) is 207 Å². The van der Waals surface area contributed by atoms with Crippen LogP contribution in [0.4, 0.5) is 28.4 Å². The number of nitrogens with zero attached hydrogens (tertiary/aromatic N) is 1. The van der Waals surface area contributed by atoms with E-state index in [1.807, 2.05) is 12.1 Å². The molecule has 0 spiro atoms. The molecule has 3 heteroatoms. The van der Waals surface area contributed by atoms with E-state index in [4.69, 9.17) is 0 Å². The fraction of sp³-hybridized carbons (Fsp3) is 0.0280. The summed E-state index contributed by atoms with van der Waals surface area (Å²) in [6.07, 6.45) is 0. The number of hydrogen-bond acceptors (Lipinski definition) is 2. The Kier molecular flexibility index (Phi) is 19.5. The third-order valence-corrected chi connectivity index (χ3v) is 22.3. The van der Waals surface area contributed by atoms with E-state index in [2.05, 4.69) is 463 Å². The number of rotatable bonds is 13. The zero-order valence-corrected chi connectivity index (χ0v) is 61.6. The van der Waals surface area contributed by atoms with Crippen LogP contribution < -0.4 is 10.2 Å². The molecule has 0 saturated carbocycles. The van der Waals surface area contributed by atoms with Crippen molar-refractivity contribution in [3.8, 4) is 66.8 Å². The molecule has 0 radical (unpaired) electrons. The molecule has 0 heterocycles. The summed E-state index contributed by atoms with van der Waals surface area (Å²) in [4.78, 5) is 2.42. The van der Waals surface area contributed by atoms with Gasteiger partial charge in [0.1, 0.15) is 0 Å². The van der Waals surface area contributed by atoms with Gasteiger partial charge in [0.2, 0.25) is 0 Å². The first-order valence-electron chi connectivity index (χ1n) is 37.4. The molecule has 2 aliphatic rings. The molecule has 0 unspecified atom stereocenters. The maximum atomic E-state index is 3.66. The standard InChI is InChI=1S/C53H37N.C29H19Br.C24H19N.CH4/c1-5-17-38(18-6-1)39-29-32-45(33-30-39)54(52-28-16-14-25-47(52)40-19-7-2-8-20-40)46-34-31-41-36-49-48-26-13-15-27-50(48)53(43-21-9-3-10-22-43,44-23-11-4-12-24-44)51(49)37-42(41)35-46;30-24-16-15-20-18-26-25-13-7-8-14-27(25)29(22-9-3-1-4-10-22,23-11-5-2-6-12-23)28(26)19-21(20)17-24;1-3-9-19(10-4-1)20-15-17-22(18-16-20)25-24-14-8-7-13-23(24)21-11-5-2-6-12-21;/h1-37H;1-19H;1-18,25H;1H4. The third kappa shape index (κ3) is 13.0. The van der Waals surface area contributed by atoms with E-state index >= 15 is 0 Å². The first-order chi connectivity index (χ1) is 54.0. The first kappa shape index (κ1) is 69.6. The van der Waals surface area contributed by atoms with Crippen LogP contribution >= 0.6 is 15.9 Å².